The van der Waals surface area contributed by atoms with Gasteiger partial charge in [0.25, 0.3) is 0 Å². The Morgan fingerprint density at radius 1 is 1.15 bits per heavy atom. The Kier molecular flexibility index (Phi) is 6.65. The molecule has 0 spiro atoms. The molecule has 0 bridgehead atoms. The summed E-state index contributed by atoms with van der Waals surface area (Å²) in [5.41, 5.74) is 8.07. The SMILES string of the molecule is CCCCCN.Cl.c1cc2cc-2c1. The van der Waals surface area contributed by atoms with Crippen LogP contribution in [0.15, 0.2) is 24.3 Å². The second kappa shape index (κ2) is 6.93. The van der Waals surface area contributed by atoms with Gasteiger partial charge in [-0.3, -0.25) is 0 Å². The van der Waals surface area contributed by atoms with Gasteiger partial charge in [-0.15, -0.1) is 12.4 Å². The predicted molar refractivity (Wildman–Crippen MR) is 61.3 cm³/mol. The number of fused-ring (bicyclic) bond motifs is 1. The Labute approximate surface area is 86.7 Å². The smallest absolute Gasteiger partial charge is 0.00773 e. The first-order valence-electron chi connectivity index (χ1n) is 4.69. The maximum absolute atomic E-state index is 5.21. The van der Waals surface area contributed by atoms with Gasteiger partial charge in [0, 0.05) is 0 Å². The molecule has 2 aliphatic carbocycles. The summed E-state index contributed by atoms with van der Waals surface area (Å²) in [6.45, 7) is 3.03. The van der Waals surface area contributed by atoms with E-state index in [9.17, 15) is 0 Å². The minimum Gasteiger partial charge on any atom is -0.330 e. The normalized spacial score (nSPS) is 9.38. The van der Waals surface area contributed by atoms with Gasteiger partial charge in [-0.05, 0) is 30.2 Å². The van der Waals surface area contributed by atoms with E-state index >= 15 is 0 Å². The van der Waals surface area contributed by atoms with Gasteiger partial charge in [0.15, 0.2) is 0 Å². The van der Waals surface area contributed by atoms with E-state index in [2.05, 4.69) is 31.2 Å². The fourth-order valence-electron chi connectivity index (χ4n) is 1.07. The average Bonchev–Trinajstić information content (AvgIpc) is 2.72. The van der Waals surface area contributed by atoms with E-state index in [0.717, 1.165) is 6.54 Å². The summed E-state index contributed by atoms with van der Waals surface area (Å²) >= 11 is 0. The topological polar surface area (TPSA) is 26.0 Å². The summed E-state index contributed by atoms with van der Waals surface area (Å²) in [6, 6.07) is 8.48. The second-order valence-corrected chi connectivity index (χ2v) is 3.08. The van der Waals surface area contributed by atoms with Gasteiger partial charge in [-0.2, -0.15) is 0 Å². The molecule has 0 aromatic rings. The highest BCUT2D eigenvalue weighted by molar-refractivity contribution is 5.85. The number of rotatable bonds is 3. The zero-order valence-electron chi connectivity index (χ0n) is 8.12. The average molecular weight is 200 g/mol. The van der Waals surface area contributed by atoms with Gasteiger partial charge in [0.1, 0.15) is 0 Å². The van der Waals surface area contributed by atoms with Gasteiger partial charge in [-0.25, -0.2) is 0 Å². The molecule has 0 atom stereocenters. The molecule has 2 rings (SSSR count). The van der Waals surface area contributed by atoms with Crippen molar-refractivity contribution in [1.29, 1.82) is 0 Å². The first kappa shape index (κ1) is 12.5. The minimum absolute atomic E-state index is 0. The monoisotopic (exact) mass is 199 g/mol. The molecule has 2 aliphatic rings. The number of halogens is 1. The molecule has 0 unspecified atom stereocenters. The maximum atomic E-state index is 5.21. The third-order valence-electron chi connectivity index (χ3n) is 1.92. The summed E-state index contributed by atoms with van der Waals surface area (Å²) in [6.07, 6.45) is 3.75. The Morgan fingerprint density at radius 2 is 1.77 bits per heavy atom. The molecule has 0 radical (unpaired) electrons. The molecular weight excluding hydrogens is 182 g/mol. The molecule has 0 fully saturated rings. The predicted octanol–water partition coefficient (Wildman–Crippen LogP) is 3.22. The third-order valence-corrected chi connectivity index (χ3v) is 1.92. The highest BCUT2D eigenvalue weighted by Crippen LogP contribution is 2.32. The van der Waals surface area contributed by atoms with Crippen molar-refractivity contribution in [3.63, 3.8) is 0 Å². The maximum Gasteiger partial charge on any atom is -0.00773 e. The highest BCUT2D eigenvalue weighted by Gasteiger charge is 2.06. The van der Waals surface area contributed by atoms with Crippen LogP contribution >= 0.6 is 12.4 Å². The summed E-state index contributed by atoms with van der Waals surface area (Å²) < 4.78 is 0. The lowest BCUT2D eigenvalue weighted by molar-refractivity contribution is 0.727. The van der Waals surface area contributed by atoms with Crippen LogP contribution in [0.25, 0.3) is 11.1 Å². The van der Waals surface area contributed by atoms with Crippen LogP contribution in [0.4, 0.5) is 0 Å². The number of hydrogen-bond acceptors (Lipinski definition) is 1. The van der Waals surface area contributed by atoms with Gasteiger partial charge in [-0.1, -0.05) is 38.0 Å². The van der Waals surface area contributed by atoms with Crippen molar-refractivity contribution in [2.24, 2.45) is 5.73 Å². The van der Waals surface area contributed by atoms with Gasteiger partial charge < -0.3 is 5.73 Å². The van der Waals surface area contributed by atoms with Crippen LogP contribution in [-0.2, 0) is 0 Å². The molecule has 0 saturated carbocycles. The van der Waals surface area contributed by atoms with Crippen molar-refractivity contribution in [1.82, 2.24) is 0 Å². The molecule has 0 aliphatic heterocycles. The van der Waals surface area contributed by atoms with E-state index in [-0.39, 0.29) is 12.4 Å². The lowest BCUT2D eigenvalue weighted by Crippen LogP contribution is -1.96. The van der Waals surface area contributed by atoms with Gasteiger partial charge in [0.05, 0.1) is 0 Å². The Bertz CT molecular complexity index is 214. The van der Waals surface area contributed by atoms with Crippen LogP contribution in [0.3, 0.4) is 0 Å². The van der Waals surface area contributed by atoms with Crippen LogP contribution in [0, 0.1) is 0 Å². The van der Waals surface area contributed by atoms with Crippen LogP contribution < -0.4 is 5.73 Å². The molecule has 0 aromatic carbocycles. The van der Waals surface area contributed by atoms with Crippen molar-refractivity contribution in [2.45, 2.75) is 26.2 Å². The van der Waals surface area contributed by atoms with Crippen molar-refractivity contribution in [3.05, 3.63) is 24.3 Å². The zero-order chi connectivity index (χ0) is 8.81. The van der Waals surface area contributed by atoms with Crippen LogP contribution in [-0.4, -0.2) is 6.54 Å². The summed E-state index contributed by atoms with van der Waals surface area (Å²) in [7, 11) is 0. The minimum atomic E-state index is 0. The number of benzene rings is 1. The number of nitrogens with two attached hydrogens (primary N) is 1. The first-order valence-corrected chi connectivity index (χ1v) is 4.69. The Morgan fingerprint density at radius 3 is 1.92 bits per heavy atom. The van der Waals surface area contributed by atoms with Crippen LogP contribution in [0.2, 0.25) is 0 Å². The summed E-state index contributed by atoms with van der Waals surface area (Å²) in [5.74, 6) is 0. The largest absolute Gasteiger partial charge is 0.330 e. The molecule has 0 heterocycles. The van der Waals surface area contributed by atoms with Crippen molar-refractivity contribution in [3.8, 4) is 11.1 Å². The van der Waals surface area contributed by atoms with Crippen molar-refractivity contribution < 1.29 is 0 Å². The number of unbranched alkanes of at least 4 members (excludes halogenated alkanes) is 2. The van der Waals surface area contributed by atoms with E-state index in [0.29, 0.717) is 0 Å². The van der Waals surface area contributed by atoms with E-state index in [1.165, 1.54) is 30.4 Å². The molecule has 0 aromatic heterocycles. The lowest BCUT2D eigenvalue weighted by atomic mass is 10.3. The molecular formula is C11H18ClN. The highest BCUT2D eigenvalue weighted by atomic mass is 35.5. The standard InChI is InChI=1S/C6H4.C5H13N.ClH/c1-2-5-4-6(5)3-1;1-2-3-4-5-6;/h1-4H;2-6H2,1H3;1H. The second-order valence-electron chi connectivity index (χ2n) is 3.08. The molecule has 0 amide bonds. The fourth-order valence-corrected chi connectivity index (χ4v) is 1.07. The van der Waals surface area contributed by atoms with E-state index in [1.54, 1.807) is 0 Å². The first-order chi connectivity index (χ1) is 5.88. The molecule has 13 heavy (non-hydrogen) atoms. The molecule has 2 N–H and O–H groups in total. The fraction of sp³-hybridized carbons (Fsp3) is 0.455. The van der Waals surface area contributed by atoms with Gasteiger partial charge >= 0.3 is 0 Å². The molecule has 2 heteroatoms. The van der Waals surface area contributed by atoms with E-state index < -0.39 is 0 Å². The molecule has 74 valence electrons. The lowest BCUT2D eigenvalue weighted by Gasteiger charge is -1.86. The Balaban J connectivity index is 0.000000206. The van der Waals surface area contributed by atoms with Crippen LogP contribution in [0.1, 0.15) is 26.2 Å². The molecule has 1 nitrogen and oxygen atoms in total. The van der Waals surface area contributed by atoms with Crippen molar-refractivity contribution >= 4 is 12.4 Å². The summed E-state index contributed by atoms with van der Waals surface area (Å²) in [5, 5.41) is 0. The van der Waals surface area contributed by atoms with Gasteiger partial charge in [0.2, 0.25) is 0 Å². The van der Waals surface area contributed by atoms with E-state index in [4.69, 9.17) is 5.73 Å². The third kappa shape index (κ3) is 4.91. The number of hydrogen-bond donors (Lipinski definition) is 1. The molecule has 0 saturated heterocycles. The van der Waals surface area contributed by atoms with Crippen LogP contribution in [0.5, 0.6) is 0 Å². The summed E-state index contributed by atoms with van der Waals surface area (Å²) in [4.78, 5) is 0. The quantitative estimate of drug-likeness (QED) is 0.755. The van der Waals surface area contributed by atoms with Crippen molar-refractivity contribution in [2.75, 3.05) is 6.54 Å². The zero-order valence-corrected chi connectivity index (χ0v) is 8.94. The van der Waals surface area contributed by atoms with E-state index in [1.807, 2.05) is 0 Å². The Hall–Kier alpha value is -0.530.